The Labute approximate surface area is 103 Å². The number of anilines is 2. The van der Waals surface area contributed by atoms with Crippen LogP contribution in [0.25, 0.3) is 0 Å². The molecular weight excluding hydrogens is 214 g/mol. The van der Waals surface area contributed by atoms with Gasteiger partial charge in [0.2, 0.25) is 0 Å². The summed E-state index contributed by atoms with van der Waals surface area (Å²) in [7, 11) is 0. The zero-order chi connectivity index (χ0) is 12.8. The summed E-state index contributed by atoms with van der Waals surface area (Å²) in [4.78, 5) is 11.3. The molecule has 0 spiro atoms. The summed E-state index contributed by atoms with van der Waals surface area (Å²) in [5.41, 5.74) is 3.67. The van der Waals surface area contributed by atoms with Crippen molar-refractivity contribution >= 4 is 11.6 Å². The van der Waals surface area contributed by atoms with Gasteiger partial charge in [-0.3, -0.25) is 0 Å². The molecule has 96 valence electrons. The zero-order valence-electron chi connectivity index (χ0n) is 11.2. The first-order valence-corrected chi connectivity index (χ1v) is 6.26. The fourth-order valence-corrected chi connectivity index (χ4v) is 1.86. The largest absolute Gasteiger partial charge is 0.357 e. The first-order valence-electron chi connectivity index (χ1n) is 6.26. The average Bonchev–Trinajstić information content (AvgIpc) is 2.34. The number of nitrogens with one attached hydrogen (secondary N) is 1. The molecule has 0 aliphatic heterocycles. The van der Waals surface area contributed by atoms with E-state index < -0.39 is 0 Å². The predicted octanol–water partition coefficient (Wildman–Crippen LogP) is 1.87. The molecule has 0 bridgehead atoms. The second kappa shape index (κ2) is 6.39. The van der Waals surface area contributed by atoms with E-state index in [0.717, 1.165) is 49.0 Å². The summed E-state index contributed by atoms with van der Waals surface area (Å²) in [5, 5.41) is 0. The maximum absolute atomic E-state index is 5.51. The van der Waals surface area contributed by atoms with Crippen molar-refractivity contribution in [3.05, 3.63) is 11.4 Å². The molecule has 1 aromatic heterocycles. The van der Waals surface area contributed by atoms with Crippen LogP contribution in [0.5, 0.6) is 0 Å². The zero-order valence-corrected chi connectivity index (χ0v) is 11.2. The molecule has 0 unspecified atom stereocenters. The van der Waals surface area contributed by atoms with Crippen LogP contribution in [0.2, 0.25) is 0 Å². The second-order valence-electron chi connectivity index (χ2n) is 4.00. The lowest BCUT2D eigenvalue weighted by atomic mass is 10.2. The van der Waals surface area contributed by atoms with Gasteiger partial charge < -0.3 is 10.3 Å². The molecule has 1 aromatic rings. The number of hydrazine groups is 1. The summed E-state index contributed by atoms with van der Waals surface area (Å²) in [6.45, 7) is 10.2. The van der Waals surface area contributed by atoms with Gasteiger partial charge in [0.05, 0.1) is 0 Å². The first-order chi connectivity index (χ1) is 8.17. The molecule has 0 saturated heterocycles. The van der Waals surface area contributed by atoms with Crippen LogP contribution >= 0.6 is 0 Å². The monoisotopic (exact) mass is 237 g/mol. The van der Waals surface area contributed by atoms with E-state index in [4.69, 9.17) is 5.84 Å². The molecule has 0 atom stereocenters. The third kappa shape index (κ3) is 3.06. The van der Waals surface area contributed by atoms with Crippen molar-refractivity contribution in [2.75, 3.05) is 23.4 Å². The third-order valence-electron chi connectivity index (χ3n) is 2.84. The minimum absolute atomic E-state index is 0.727. The number of hydrogen-bond acceptors (Lipinski definition) is 5. The summed E-state index contributed by atoms with van der Waals surface area (Å²) in [6.07, 6.45) is 1.91. The first kappa shape index (κ1) is 13.7. The average molecular weight is 237 g/mol. The van der Waals surface area contributed by atoms with Crippen molar-refractivity contribution in [1.29, 1.82) is 0 Å². The minimum Gasteiger partial charge on any atom is -0.357 e. The maximum Gasteiger partial charge on any atom is 0.148 e. The van der Waals surface area contributed by atoms with Crippen LogP contribution in [0.4, 0.5) is 11.6 Å². The highest BCUT2D eigenvalue weighted by Crippen LogP contribution is 2.23. The van der Waals surface area contributed by atoms with Gasteiger partial charge in [0.15, 0.2) is 0 Å². The van der Waals surface area contributed by atoms with Crippen molar-refractivity contribution < 1.29 is 0 Å². The molecule has 0 radical (unpaired) electrons. The minimum atomic E-state index is 0.727. The number of hydrogen-bond donors (Lipinski definition) is 2. The van der Waals surface area contributed by atoms with E-state index in [0.29, 0.717) is 0 Å². The Morgan fingerprint density at radius 3 is 2.29 bits per heavy atom. The smallest absolute Gasteiger partial charge is 0.148 e. The Morgan fingerprint density at radius 2 is 1.82 bits per heavy atom. The van der Waals surface area contributed by atoms with Crippen LogP contribution in [-0.2, 0) is 6.42 Å². The van der Waals surface area contributed by atoms with Gasteiger partial charge >= 0.3 is 0 Å². The number of aryl methyl sites for hydroxylation is 1. The lowest BCUT2D eigenvalue weighted by Gasteiger charge is -2.23. The van der Waals surface area contributed by atoms with Gasteiger partial charge in [-0.05, 0) is 27.2 Å². The number of nitrogens with two attached hydrogens (primary N) is 1. The molecule has 0 saturated carbocycles. The summed E-state index contributed by atoms with van der Waals surface area (Å²) in [6, 6.07) is 0. The quantitative estimate of drug-likeness (QED) is 0.584. The Morgan fingerprint density at radius 1 is 1.18 bits per heavy atom. The summed E-state index contributed by atoms with van der Waals surface area (Å²) in [5.74, 6) is 8.08. The normalized spacial score (nSPS) is 10.4. The van der Waals surface area contributed by atoms with Gasteiger partial charge in [-0.1, -0.05) is 6.92 Å². The topological polar surface area (TPSA) is 67.1 Å². The Bertz CT molecular complexity index is 360. The SMILES string of the molecule is CCCc1nc(NN)c(C)c(N(CC)CC)n1. The molecule has 0 aliphatic carbocycles. The third-order valence-corrected chi connectivity index (χ3v) is 2.84. The molecule has 5 heteroatoms. The van der Waals surface area contributed by atoms with Crippen LogP contribution in [0.3, 0.4) is 0 Å². The van der Waals surface area contributed by atoms with Crippen molar-refractivity contribution in [1.82, 2.24) is 9.97 Å². The van der Waals surface area contributed by atoms with E-state index in [1.165, 1.54) is 0 Å². The highest BCUT2D eigenvalue weighted by atomic mass is 15.3. The molecule has 0 aromatic carbocycles. The molecule has 17 heavy (non-hydrogen) atoms. The van der Waals surface area contributed by atoms with Crippen molar-refractivity contribution in [2.45, 2.75) is 40.5 Å². The van der Waals surface area contributed by atoms with Crippen LogP contribution in [-0.4, -0.2) is 23.1 Å². The molecule has 0 aliphatic rings. The highest BCUT2D eigenvalue weighted by molar-refractivity contribution is 5.58. The van der Waals surface area contributed by atoms with Gasteiger partial charge in [-0.25, -0.2) is 15.8 Å². The number of aromatic nitrogens is 2. The highest BCUT2D eigenvalue weighted by Gasteiger charge is 2.13. The molecular formula is C12H23N5. The molecule has 1 rings (SSSR count). The van der Waals surface area contributed by atoms with E-state index >= 15 is 0 Å². The van der Waals surface area contributed by atoms with Crippen LogP contribution < -0.4 is 16.2 Å². The number of nitrogens with zero attached hydrogens (tertiary/aromatic N) is 3. The number of nitrogen functional groups attached to an aromatic ring is 1. The van der Waals surface area contributed by atoms with E-state index in [1.807, 2.05) is 6.92 Å². The molecule has 0 amide bonds. The van der Waals surface area contributed by atoms with Crippen LogP contribution in [0.1, 0.15) is 38.6 Å². The van der Waals surface area contributed by atoms with Gasteiger partial charge in [0.25, 0.3) is 0 Å². The molecule has 5 nitrogen and oxygen atoms in total. The van der Waals surface area contributed by atoms with E-state index in [1.54, 1.807) is 0 Å². The lowest BCUT2D eigenvalue weighted by molar-refractivity contribution is 0.790. The summed E-state index contributed by atoms with van der Waals surface area (Å²) >= 11 is 0. The van der Waals surface area contributed by atoms with Gasteiger partial charge in [0.1, 0.15) is 17.5 Å². The fraction of sp³-hybridized carbons (Fsp3) is 0.667. The Balaban J connectivity index is 3.21. The maximum atomic E-state index is 5.51. The van der Waals surface area contributed by atoms with E-state index in [-0.39, 0.29) is 0 Å². The van der Waals surface area contributed by atoms with Gasteiger partial charge in [0, 0.05) is 25.1 Å². The molecule has 0 fully saturated rings. The number of rotatable bonds is 6. The van der Waals surface area contributed by atoms with Gasteiger partial charge in [-0.15, -0.1) is 0 Å². The predicted molar refractivity (Wildman–Crippen MR) is 72.1 cm³/mol. The van der Waals surface area contributed by atoms with Crippen molar-refractivity contribution in [3.8, 4) is 0 Å². The van der Waals surface area contributed by atoms with Gasteiger partial charge in [-0.2, -0.15) is 0 Å². The van der Waals surface area contributed by atoms with E-state index in [9.17, 15) is 0 Å². The van der Waals surface area contributed by atoms with Crippen LogP contribution in [0.15, 0.2) is 0 Å². The second-order valence-corrected chi connectivity index (χ2v) is 4.00. The Kier molecular flexibility index (Phi) is 5.15. The lowest BCUT2D eigenvalue weighted by Crippen LogP contribution is -2.26. The van der Waals surface area contributed by atoms with E-state index in [2.05, 4.69) is 41.1 Å². The molecule has 1 heterocycles. The molecule has 3 N–H and O–H groups in total. The van der Waals surface area contributed by atoms with Crippen molar-refractivity contribution in [2.24, 2.45) is 5.84 Å². The Hall–Kier alpha value is -1.36. The van der Waals surface area contributed by atoms with Crippen LogP contribution in [0, 0.1) is 6.92 Å². The standard InChI is InChI=1S/C12H23N5/c1-5-8-10-14-11(16-13)9(4)12(15-10)17(6-2)7-3/h5-8,13H2,1-4H3,(H,14,15,16). The van der Waals surface area contributed by atoms with Crippen molar-refractivity contribution in [3.63, 3.8) is 0 Å². The summed E-state index contributed by atoms with van der Waals surface area (Å²) < 4.78 is 0. The fourth-order valence-electron chi connectivity index (χ4n) is 1.86.